The number of amides is 1. The van der Waals surface area contributed by atoms with E-state index in [0.29, 0.717) is 24.6 Å². The number of piperidine rings is 1. The Morgan fingerprint density at radius 1 is 1.40 bits per heavy atom. The van der Waals surface area contributed by atoms with E-state index in [9.17, 15) is 9.90 Å². The topological polar surface area (TPSA) is 59.0 Å². The molecule has 1 fully saturated rings. The highest BCUT2D eigenvalue weighted by molar-refractivity contribution is 5.79. The lowest BCUT2D eigenvalue weighted by Gasteiger charge is -2.30. The lowest BCUT2D eigenvalue weighted by atomic mass is 10.1. The molecule has 1 aliphatic heterocycles. The average Bonchev–Trinajstić information content (AvgIpc) is 2.47. The maximum atomic E-state index is 12.3. The van der Waals surface area contributed by atoms with Crippen molar-refractivity contribution in [3.05, 3.63) is 23.8 Å². The van der Waals surface area contributed by atoms with Gasteiger partial charge in [0.05, 0.1) is 26.7 Å². The molecule has 0 radical (unpaired) electrons. The number of carbonyl (C=O) groups is 1. The van der Waals surface area contributed by atoms with Crippen molar-refractivity contribution >= 4 is 5.91 Å². The number of carbonyl (C=O) groups excluding carboxylic acids is 1. The molecule has 1 unspecified atom stereocenters. The first-order valence-corrected chi connectivity index (χ1v) is 6.80. The molecule has 0 aromatic heterocycles. The molecule has 1 atom stereocenters. The summed E-state index contributed by atoms with van der Waals surface area (Å²) in [7, 11) is 3.17. The Kier molecular flexibility index (Phi) is 4.84. The van der Waals surface area contributed by atoms with Gasteiger partial charge in [-0.3, -0.25) is 4.79 Å². The molecule has 0 aliphatic carbocycles. The van der Waals surface area contributed by atoms with E-state index < -0.39 is 6.10 Å². The Bertz CT molecular complexity index is 475. The Morgan fingerprint density at radius 3 is 2.85 bits per heavy atom. The van der Waals surface area contributed by atoms with Crippen molar-refractivity contribution in [2.45, 2.75) is 25.4 Å². The number of methoxy groups -OCH3 is 2. The van der Waals surface area contributed by atoms with Crippen LogP contribution in [0.5, 0.6) is 11.5 Å². The third kappa shape index (κ3) is 3.42. The van der Waals surface area contributed by atoms with Crippen LogP contribution in [0.15, 0.2) is 18.2 Å². The molecule has 1 N–H and O–H groups in total. The van der Waals surface area contributed by atoms with Gasteiger partial charge in [-0.05, 0) is 18.9 Å². The van der Waals surface area contributed by atoms with Crippen LogP contribution in [0.1, 0.15) is 18.4 Å². The molecule has 20 heavy (non-hydrogen) atoms. The van der Waals surface area contributed by atoms with Gasteiger partial charge in [0, 0.05) is 24.7 Å². The van der Waals surface area contributed by atoms with Crippen LogP contribution in [0.3, 0.4) is 0 Å². The minimum absolute atomic E-state index is 0.0206. The lowest BCUT2D eigenvalue weighted by Crippen LogP contribution is -2.42. The number of nitrogens with zero attached hydrogens (tertiary/aromatic N) is 1. The summed E-state index contributed by atoms with van der Waals surface area (Å²) >= 11 is 0. The SMILES string of the molecule is COc1ccc(CC(=O)N2CCCC(O)C2)c(OC)c1. The van der Waals surface area contributed by atoms with Gasteiger partial charge in [0.25, 0.3) is 0 Å². The third-order valence-electron chi connectivity index (χ3n) is 3.59. The molecule has 0 spiro atoms. The van der Waals surface area contributed by atoms with Crippen molar-refractivity contribution < 1.29 is 19.4 Å². The van der Waals surface area contributed by atoms with Gasteiger partial charge in [0.2, 0.25) is 5.91 Å². The highest BCUT2D eigenvalue weighted by Crippen LogP contribution is 2.25. The number of rotatable bonds is 4. The Hall–Kier alpha value is -1.75. The zero-order valence-corrected chi connectivity index (χ0v) is 12.0. The quantitative estimate of drug-likeness (QED) is 0.900. The van der Waals surface area contributed by atoms with Gasteiger partial charge in [-0.2, -0.15) is 0 Å². The standard InChI is InChI=1S/C15H21NO4/c1-19-13-6-5-11(14(9-13)20-2)8-15(18)16-7-3-4-12(17)10-16/h5-6,9,12,17H,3-4,7-8,10H2,1-2H3. The number of ether oxygens (including phenoxy) is 2. The van der Waals surface area contributed by atoms with Crippen molar-refractivity contribution in [2.75, 3.05) is 27.3 Å². The van der Waals surface area contributed by atoms with E-state index in [1.54, 1.807) is 25.2 Å². The Balaban J connectivity index is 2.07. The van der Waals surface area contributed by atoms with E-state index in [2.05, 4.69) is 0 Å². The molecule has 2 rings (SSSR count). The number of aliphatic hydroxyl groups excluding tert-OH is 1. The Labute approximate surface area is 119 Å². The smallest absolute Gasteiger partial charge is 0.227 e. The largest absolute Gasteiger partial charge is 0.497 e. The first-order valence-electron chi connectivity index (χ1n) is 6.80. The van der Waals surface area contributed by atoms with Crippen molar-refractivity contribution in [2.24, 2.45) is 0 Å². The van der Waals surface area contributed by atoms with Gasteiger partial charge >= 0.3 is 0 Å². The van der Waals surface area contributed by atoms with Crippen LogP contribution in [0.25, 0.3) is 0 Å². The van der Waals surface area contributed by atoms with Crippen molar-refractivity contribution in [1.82, 2.24) is 4.90 Å². The van der Waals surface area contributed by atoms with E-state index in [-0.39, 0.29) is 12.3 Å². The van der Waals surface area contributed by atoms with Crippen LogP contribution in [-0.2, 0) is 11.2 Å². The van der Waals surface area contributed by atoms with E-state index in [0.717, 1.165) is 18.4 Å². The number of likely N-dealkylation sites (tertiary alicyclic amines) is 1. The van der Waals surface area contributed by atoms with Gasteiger partial charge in [-0.15, -0.1) is 0 Å². The molecule has 5 heteroatoms. The van der Waals surface area contributed by atoms with E-state index in [4.69, 9.17) is 9.47 Å². The molecule has 1 amide bonds. The number of benzene rings is 1. The van der Waals surface area contributed by atoms with Gasteiger partial charge < -0.3 is 19.5 Å². The first-order chi connectivity index (χ1) is 9.63. The van der Waals surface area contributed by atoms with E-state index >= 15 is 0 Å². The summed E-state index contributed by atoms with van der Waals surface area (Å²) in [5.41, 5.74) is 0.832. The normalized spacial score (nSPS) is 18.8. The van der Waals surface area contributed by atoms with Crippen LogP contribution in [0.4, 0.5) is 0 Å². The fourth-order valence-electron chi connectivity index (χ4n) is 2.45. The van der Waals surface area contributed by atoms with Gasteiger partial charge in [-0.1, -0.05) is 6.07 Å². The van der Waals surface area contributed by atoms with Crippen LogP contribution < -0.4 is 9.47 Å². The van der Waals surface area contributed by atoms with Crippen molar-refractivity contribution in [1.29, 1.82) is 0 Å². The summed E-state index contributed by atoms with van der Waals surface area (Å²) < 4.78 is 10.4. The monoisotopic (exact) mass is 279 g/mol. The third-order valence-corrected chi connectivity index (χ3v) is 3.59. The van der Waals surface area contributed by atoms with Gasteiger partial charge in [0.15, 0.2) is 0 Å². The van der Waals surface area contributed by atoms with Gasteiger partial charge in [0.1, 0.15) is 11.5 Å². The summed E-state index contributed by atoms with van der Waals surface area (Å²) in [6.45, 7) is 1.14. The molecule has 0 bridgehead atoms. The predicted molar refractivity (Wildman–Crippen MR) is 75.1 cm³/mol. The molecule has 1 aromatic carbocycles. The summed E-state index contributed by atoms with van der Waals surface area (Å²) in [4.78, 5) is 14.0. The molecule has 1 aliphatic rings. The number of aliphatic hydroxyl groups is 1. The predicted octanol–water partition coefficient (Wildman–Crippen LogP) is 1.23. The van der Waals surface area contributed by atoms with Crippen molar-refractivity contribution in [3.63, 3.8) is 0 Å². The minimum Gasteiger partial charge on any atom is -0.497 e. The van der Waals surface area contributed by atoms with Crippen LogP contribution in [-0.4, -0.2) is 49.3 Å². The summed E-state index contributed by atoms with van der Waals surface area (Å²) in [5, 5.41) is 9.63. The number of hydrogen-bond donors (Lipinski definition) is 1. The first kappa shape index (κ1) is 14.7. The molecule has 1 heterocycles. The highest BCUT2D eigenvalue weighted by atomic mass is 16.5. The maximum Gasteiger partial charge on any atom is 0.227 e. The van der Waals surface area contributed by atoms with Gasteiger partial charge in [-0.25, -0.2) is 0 Å². The second-order valence-corrected chi connectivity index (χ2v) is 4.99. The summed E-state index contributed by atoms with van der Waals surface area (Å²) in [6.07, 6.45) is 1.51. The zero-order valence-electron chi connectivity index (χ0n) is 12.0. The molecular formula is C15H21NO4. The molecule has 0 saturated carbocycles. The fourth-order valence-corrected chi connectivity index (χ4v) is 2.45. The number of hydrogen-bond acceptors (Lipinski definition) is 4. The molecular weight excluding hydrogens is 258 g/mol. The van der Waals surface area contributed by atoms with Crippen LogP contribution in [0.2, 0.25) is 0 Å². The van der Waals surface area contributed by atoms with Crippen molar-refractivity contribution in [3.8, 4) is 11.5 Å². The molecule has 1 aromatic rings. The highest BCUT2D eigenvalue weighted by Gasteiger charge is 2.22. The molecule has 110 valence electrons. The van der Waals surface area contributed by atoms with E-state index in [1.807, 2.05) is 12.1 Å². The van der Waals surface area contributed by atoms with Crippen LogP contribution >= 0.6 is 0 Å². The second-order valence-electron chi connectivity index (χ2n) is 4.99. The maximum absolute atomic E-state index is 12.3. The summed E-state index contributed by atoms with van der Waals surface area (Å²) in [6, 6.07) is 5.43. The fraction of sp³-hybridized carbons (Fsp3) is 0.533. The molecule has 1 saturated heterocycles. The zero-order chi connectivity index (χ0) is 14.5. The average molecular weight is 279 g/mol. The second kappa shape index (κ2) is 6.61. The Morgan fingerprint density at radius 2 is 2.20 bits per heavy atom. The molecule has 5 nitrogen and oxygen atoms in total. The lowest BCUT2D eigenvalue weighted by molar-refractivity contribution is -0.133. The number of β-amino-alcohol motifs (C(OH)–C–C–N with tert-alkyl or cyclic N) is 1. The van der Waals surface area contributed by atoms with Crippen LogP contribution in [0, 0.1) is 0 Å². The summed E-state index contributed by atoms with van der Waals surface area (Å²) in [5.74, 6) is 1.37. The van der Waals surface area contributed by atoms with E-state index in [1.165, 1.54) is 0 Å². The minimum atomic E-state index is -0.398.